The molecule has 0 bridgehead atoms. The number of anilines is 1. The van der Waals surface area contributed by atoms with Gasteiger partial charge in [0.05, 0.1) is 27.9 Å². The molecule has 168 valence electrons. The van der Waals surface area contributed by atoms with Gasteiger partial charge in [0, 0.05) is 17.1 Å². The Labute approximate surface area is 183 Å². The monoisotopic (exact) mass is 478 g/mol. The molecule has 2 aromatic carbocycles. The quantitative estimate of drug-likeness (QED) is 0.336. The summed E-state index contributed by atoms with van der Waals surface area (Å²) in [6.45, 7) is 0. The summed E-state index contributed by atoms with van der Waals surface area (Å²) in [5.74, 6) is 2.32. The van der Waals surface area contributed by atoms with Crippen molar-refractivity contribution in [2.75, 3.05) is 4.72 Å². The van der Waals surface area contributed by atoms with E-state index in [1.54, 1.807) is 10.8 Å². The minimum absolute atomic E-state index is 0.299. The normalized spacial score (nSPS) is 11.8. The predicted molar refractivity (Wildman–Crippen MR) is 108 cm³/mol. The zero-order valence-electron chi connectivity index (χ0n) is 16.2. The number of alkyl halides is 3. The topological polar surface area (TPSA) is 87.7 Å². The van der Waals surface area contributed by atoms with E-state index in [0.717, 1.165) is 30.3 Å². The van der Waals surface area contributed by atoms with Gasteiger partial charge in [0.2, 0.25) is 0 Å². The number of sulfonamides is 1. The van der Waals surface area contributed by atoms with Crippen LogP contribution in [0.15, 0.2) is 59.8 Å². The third-order valence-corrected chi connectivity index (χ3v) is 5.86. The Morgan fingerprint density at radius 3 is 2.52 bits per heavy atom. The molecule has 0 amide bonds. The summed E-state index contributed by atoms with van der Waals surface area (Å²) in [5, 5.41) is 7.02. The van der Waals surface area contributed by atoms with Crippen molar-refractivity contribution in [2.45, 2.75) is 11.1 Å². The van der Waals surface area contributed by atoms with E-state index in [1.165, 1.54) is 12.4 Å². The molecule has 0 saturated carbocycles. The molecule has 0 atom stereocenters. The minimum Gasteiger partial charge on any atom is -0.277 e. The Balaban J connectivity index is 1.71. The van der Waals surface area contributed by atoms with Crippen LogP contribution in [0.4, 0.5) is 27.6 Å². The molecule has 0 saturated heterocycles. The average Bonchev–Trinajstić information content (AvgIpc) is 3.23. The Morgan fingerprint density at radius 2 is 1.76 bits per heavy atom. The third-order valence-electron chi connectivity index (χ3n) is 4.44. The van der Waals surface area contributed by atoms with Crippen LogP contribution in [-0.2, 0) is 16.2 Å². The zero-order valence-corrected chi connectivity index (χ0v) is 17.0. The second-order valence-electron chi connectivity index (χ2n) is 6.67. The Hall–Kier alpha value is -3.98. The minimum atomic E-state index is -4.96. The van der Waals surface area contributed by atoms with Crippen molar-refractivity contribution in [1.29, 1.82) is 0 Å². The summed E-state index contributed by atoms with van der Waals surface area (Å²) >= 11 is 0. The number of fused-ring (bicyclic) bond motifs is 1. The van der Waals surface area contributed by atoms with Crippen molar-refractivity contribution in [3.05, 3.63) is 83.2 Å². The molecule has 0 fully saturated rings. The molecule has 2 heterocycles. The van der Waals surface area contributed by atoms with E-state index < -0.39 is 49.5 Å². The lowest BCUT2D eigenvalue weighted by molar-refractivity contribution is -0.139. The first-order valence-electron chi connectivity index (χ1n) is 9.04. The van der Waals surface area contributed by atoms with Crippen LogP contribution in [0.3, 0.4) is 0 Å². The van der Waals surface area contributed by atoms with Gasteiger partial charge in [-0.1, -0.05) is 24.0 Å². The standard InChI is InChI=1S/C21H11F5N4O2S/c22-16-7-8-17(30-33(31,32)18-4-2-1-3-15(18)21(24,25)26)19(23)14(16)6-5-12-9-13-11-28-29-20(13)27-10-12/h1-4,7-11,30H,(H,27,28,29). The van der Waals surface area contributed by atoms with Gasteiger partial charge >= 0.3 is 6.18 Å². The van der Waals surface area contributed by atoms with E-state index in [4.69, 9.17) is 0 Å². The van der Waals surface area contributed by atoms with Crippen LogP contribution in [0, 0.1) is 23.5 Å². The van der Waals surface area contributed by atoms with E-state index in [9.17, 15) is 30.4 Å². The molecule has 0 unspecified atom stereocenters. The number of halogens is 5. The van der Waals surface area contributed by atoms with E-state index in [-0.39, 0.29) is 0 Å². The maximum Gasteiger partial charge on any atom is 0.417 e. The Bertz CT molecular complexity index is 1540. The first-order valence-corrected chi connectivity index (χ1v) is 10.5. The van der Waals surface area contributed by atoms with Crippen LogP contribution >= 0.6 is 0 Å². The van der Waals surface area contributed by atoms with Crippen LogP contribution in [-0.4, -0.2) is 23.6 Å². The summed E-state index contributed by atoms with van der Waals surface area (Å²) in [5.41, 5.74) is -2.18. The number of benzene rings is 2. The number of H-pyrrole nitrogens is 1. The van der Waals surface area contributed by atoms with Gasteiger partial charge in [0.25, 0.3) is 10.0 Å². The SMILES string of the molecule is O=S(=O)(Nc1ccc(F)c(C#Cc2cnc3[nH]ncc3c2)c1F)c1ccccc1C(F)(F)F. The lowest BCUT2D eigenvalue weighted by atomic mass is 10.1. The highest BCUT2D eigenvalue weighted by Gasteiger charge is 2.37. The van der Waals surface area contributed by atoms with Crippen molar-refractivity contribution in [3.63, 3.8) is 0 Å². The molecule has 0 radical (unpaired) electrons. The van der Waals surface area contributed by atoms with E-state index in [2.05, 4.69) is 27.0 Å². The highest BCUT2D eigenvalue weighted by atomic mass is 32.2. The van der Waals surface area contributed by atoms with Gasteiger partial charge in [0.15, 0.2) is 11.5 Å². The highest BCUT2D eigenvalue weighted by molar-refractivity contribution is 7.92. The summed E-state index contributed by atoms with van der Waals surface area (Å²) in [6, 6.07) is 6.48. The number of nitrogens with one attached hydrogen (secondary N) is 2. The molecule has 0 spiro atoms. The van der Waals surface area contributed by atoms with Gasteiger partial charge in [-0.25, -0.2) is 22.2 Å². The van der Waals surface area contributed by atoms with Crippen LogP contribution in [0.1, 0.15) is 16.7 Å². The Morgan fingerprint density at radius 1 is 1.00 bits per heavy atom. The predicted octanol–water partition coefficient (Wildman–Crippen LogP) is 4.46. The molecule has 2 N–H and O–H groups in total. The molecule has 12 heteroatoms. The molecular weight excluding hydrogens is 467 g/mol. The number of nitrogens with zero attached hydrogens (tertiary/aromatic N) is 2. The maximum absolute atomic E-state index is 14.9. The number of rotatable bonds is 3. The summed E-state index contributed by atoms with van der Waals surface area (Å²) in [6.07, 6.45) is -2.15. The van der Waals surface area contributed by atoms with E-state index in [1.807, 2.05) is 0 Å². The van der Waals surface area contributed by atoms with Crippen LogP contribution in [0.5, 0.6) is 0 Å². The van der Waals surface area contributed by atoms with Crippen LogP contribution in [0.2, 0.25) is 0 Å². The van der Waals surface area contributed by atoms with Crippen molar-refractivity contribution in [1.82, 2.24) is 15.2 Å². The maximum atomic E-state index is 14.9. The van der Waals surface area contributed by atoms with E-state index in [0.29, 0.717) is 22.7 Å². The number of hydrogen-bond acceptors (Lipinski definition) is 4. The van der Waals surface area contributed by atoms with Gasteiger partial charge in [-0.2, -0.15) is 18.3 Å². The second kappa shape index (κ2) is 8.18. The molecular formula is C21H11F5N4O2S. The van der Waals surface area contributed by atoms with E-state index >= 15 is 0 Å². The highest BCUT2D eigenvalue weighted by Crippen LogP contribution is 2.35. The molecule has 0 aliphatic rings. The van der Waals surface area contributed by atoms with Crippen molar-refractivity contribution >= 4 is 26.7 Å². The first kappa shape index (κ1) is 22.2. The smallest absolute Gasteiger partial charge is 0.277 e. The molecule has 33 heavy (non-hydrogen) atoms. The third kappa shape index (κ3) is 4.49. The summed E-state index contributed by atoms with van der Waals surface area (Å²) in [4.78, 5) is 2.93. The molecule has 4 aromatic rings. The lowest BCUT2D eigenvalue weighted by Crippen LogP contribution is -2.19. The van der Waals surface area contributed by atoms with Crippen molar-refractivity contribution in [2.24, 2.45) is 0 Å². The summed E-state index contributed by atoms with van der Waals surface area (Å²) < 4.78 is 95.6. The molecule has 6 nitrogen and oxygen atoms in total. The first-order chi connectivity index (χ1) is 15.6. The molecule has 0 aliphatic carbocycles. The van der Waals surface area contributed by atoms with Gasteiger partial charge in [-0.05, 0) is 30.3 Å². The second-order valence-corrected chi connectivity index (χ2v) is 8.32. The van der Waals surface area contributed by atoms with Gasteiger partial charge < -0.3 is 0 Å². The fourth-order valence-corrected chi connectivity index (χ4v) is 4.21. The van der Waals surface area contributed by atoms with Gasteiger partial charge in [-0.15, -0.1) is 0 Å². The number of aromatic amines is 1. The largest absolute Gasteiger partial charge is 0.417 e. The average molecular weight is 478 g/mol. The summed E-state index contributed by atoms with van der Waals surface area (Å²) in [7, 11) is -4.87. The number of aromatic nitrogens is 3. The van der Waals surface area contributed by atoms with Gasteiger partial charge in [0.1, 0.15) is 5.82 Å². The lowest BCUT2D eigenvalue weighted by Gasteiger charge is -2.15. The Kier molecular flexibility index (Phi) is 5.51. The number of hydrogen-bond donors (Lipinski definition) is 2. The van der Waals surface area contributed by atoms with Crippen molar-refractivity contribution in [3.8, 4) is 11.8 Å². The molecule has 4 rings (SSSR count). The number of pyridine rings is 1. The molecule has 2 aromatic heterocycles. The van der Waals surface area contributed by atoms with Crippen LogP contribution < -0.4 is 4.72 Å². The molecule has 0 aliphatic heterocycles. The zero-order chi connectivity index (χ0) is 23.8. The fourth-order valence-electron chi connectivity index (χ4n) is 2.92. The van der Waals surface area contributed by atoms with Crippen LogP contribution in [0.25, 0.3) is 11.0 Å². The fraction of sp³-hybridized carbons (Fsp3) is 0.0476. The van der Waals surface area contributed by atoms with Crippen molar-refractivity contribution < 1.29 is 30.4 Å². The van der Waals surface area contributed by atoms with Gasteiger partial charge in [-0.3, -0.25) is 9.82 Å².